The van der Waals surface area contributed by atoms with E-state index in [1.54, 1.807) is 24.3 Å². The summed E-state index contributed by atoms with van der Waals surface area (Å²) < 4.78 is 39.8. The highest BCUT2D eigenvalue weighted by molar-refractivity contribution is 7.86. The van der Waals surface area contributed by atoms with Gasteiger partial charge in [-0.2, -0.15) is 18.6 Å². The molecule has 0 atom stereocenters. The fraction of sp³-hybridized carbons (Fsp3) is 0.154. The van der Waals surface area contributed by atoms with Crippen molar-refractivity contribution in [2.75, 3.05) is 12.3 Å². The lowest BCUT2D eigenvalue weighted by molar-refractivity contribution is 0.310. The van der Waals surface area contributed by atoms with Crippen molar-refractivity contribution in [2.45, 2.75) is 24.7 Å². The summed E-state index contributed by atoms with van der Waals surface area (Å²) in [4.78, 5) is -0.590. The quantitative estimate of drug-likeness (QED) is 0.0904. The molecule has 0 spiro atoms. The molecule has 37 heavy (non-hydrogen) atoms. The maximum atomic E-state index is 12.1. The van der Waals surface area contributed by atoms with Crippen LogP contribution in [-0.2, 0) is 10.1 Å². The summed E-state index contributed by atoms with van der Waals surface area (Å²) >= 11 is 0. The Bertz CT molecular complexity index is 1590. The predicted octanol–water partition coefficient (Wildman–Crippen LogP) is 7.38. The fourth-order valence-electron chi connectivity index (χ4n) is 3.46. The first kappa shape index (κ1) is 25.7. The third kappa shape index (κ3) is 6.26. The number of unbranched alkanes of at least 4 members (excludes halogenated alkanes) is 1. The van der Waals surface area contributed by atoms with Gasteiger partial charge in [0, 0.05) is 17.1 Å². The van der Waals surface area contributed by atoms with Crippen LogP contribution in [0.2, 0.25) is 0 Å². The third-order valence-electron chi connectivity index (χ3n) is 5.35. The molecule has 4 N–H and O–H groups in total. The van der Waals surface area contributed by atoms with Gasteiger partial charge in [0.1, 0.15) is 22.0 Å². The number of azo groups is 2. The third-order valence-corrected chi connectivity index (χ3v) is 6.22. The van der Waals surface area contributed by atoms with Crippen molar-refractivity contribution in [2.24, 2.45) is 20.5 Å². The largest absolute Gasteiger partial charge is 0.505 e. The van der Waals surface area contributed by atoms with Crippen LogP contribution in [0.3, 0.4) is 0 Å². The number of anilines is 1. The first-order valence-corrected chi connectivity index (χ1v) is 12.9. The van der Waals surface area contributed by atoms with E-state index in [0.717, 1.165) is 12.8 Å². The van der Waals surface area contributed by atoms with Crippen LogP contribution >= 0.6 is 0 Å². The van der Waals surface area contributed by atoms with Gasteiger partial charge in [0.2, 0.25) is 0 Å². The highest BCUT2D eigenvalue weighted by atomic mass is 32.2. The smallest absolute Gasteiger partial charge is 0.296 e. The van der Waals surface area contributed by atoms with Crippen molar-refractivity contribution in [3.05, 3.63) is 72.8 Å². The Balaban J connectivity index is 1.76. The van der Waals surface area contributed by atoms with E-state index < -0.39 is 26.5 Å². The number of rotatable bonds is 9. The van der Waals surface area contributed by atoms with Gasteiger partial charge < -0.3 is 15.6 Å². The van der Waals surface area contributed by atoms with Crippen LogP contribution in [0.25, 0.3) is 10.8 Å². The molecule has 0 aliphatic heterocycles. The van der Waals surface area contributed by atoms with Gasteiger partial charge in [0.25, 0.3) is 10.1 Å². The Kier molecular flexibility index (Phi) is 7.75. The van der Waals surface area contributed by atoms with Crippen molar-refractivity contribution in [1.82, 2.24) is 0 Å². The molecule has 10 nitrogen and oxygen atoms in total. The fourth-order valence-corrected chi connectivity index (χ4v) is 4.11. The maximum absolute atomic E-state index is 12.1. The lowest BCUT2D eigenvalue weighted by Crippen LogP contribution is -1.99. The second kappa shape index (κ2) is 11.1. The standard InChI is InChI=1S/C26H25N5O5S/c1-2-3-13-36-23-16-20(29-28-19-7-5-4-6-8-19)11-12-22(23)30-31-25-24(37(33,34)35)14-17-9-10-18(27)15-21(17)26(25)32/h4-12,14-16,32H,2-3,13,27H2,1H3,(H,33,34,35). The van der Waals surface area contributed by atoms with E-state index >= 15 is 0 Å². The molecule has 4 aromatic rings. The molecule has 0 saturated carbocycles. The number of nitrogens with two attached hydrogens (primary N) is 1. The van der Waals surface area contributed by atoms with Crippen LogP contribution in [-0.4, -0.2) is 24.7 Å². The second-order valence-electron chi connectivity index (χ2n) is 8.12. The Morgan fingerprint density at radius 2 is 1.65 bits per heavy atom. The molecule has 0 aromatic heterocycles. The molecule has 0 fully saturated rings. The van der Waals surface area contributed by atoms with Crippen LogP contribution in [0, 0.1) is 0 Å². The average molecular weight is 520 g/mol. The molecular formula is C26H25N5O5S. The summed E-state index contributed by atoms with van der Waals surface area (Å²) in [7, 11) is -4.73. The number of hydrogen-bond acceptors (Lipinski definition) is 9. The summed E-state index contributed by atoms with van der Waals surface area (Å²) in [6, 6.07) is 19.9. The minimum Gasteiger partial charge on any atom is -0.505 e. The van der Waals surface area contributed by atoms with Gasteiger partial charge in [-0.3, -0.25) is 4.55 Å². The molecule has 0 aliphatic carbocycles. The van der Waals surface area contributed by atoms with E-state index in [4.69, 9.17) is 10.5 Å². The lowest BCUT2D eigenvalue weighted by atomic mass is 10.1. The molecule has 0 amide bonds. The molecular weight excluding hydrogens is 494 g/mol. The van der Waals surface area contributed by atoms with Gasteiger partial charge in [-0.1, -0.05) is 37.6 Å². The molecule has 4 aromatic carbocycles. The monoisotopic (exact) mass is 519 g/mol. The normalized spacial score (nSPS) is 12.1. The molecule has 0 aliphatic rings. The first-order chi connectivity index (χ1) is 17.8. The SMILES string of the molecule is CCCCOc1cc(N=Nc2ccccc2)ccc1N=Nc1c(S(=O)(=O)O)cc2ccc(N)cc2c1O. The second-order valence-corrected chi connectivity index (χ2v) is 9.51. The van der Waals surface area contributed by atoms with Crippen molar-refractivity contribution in [3.8, 4) is 11.5 Å². The van der Waals surface area contributed by atoms with Gasteiger partial charge in [0.15, 0.2) is 5.75 Å². The predicted molar refractivity (Wildman–Crippen MR) is 141 cm³/mol. The van der Waals surface area contributed by atoms with Crippen LogP contribution in [0.1, 0.15) is 19.8 Å². The molecule has 0 bridgehead atoms. The zero-order valence-corrected chi connectivity index (χ0v) is 20.8. The van der Waals surface area contributed by atoms with Gasteiger partial charge in [-0.25, -0.2) is 0 Å². The molecule has 190 valence electrons. The highest BCUT2D eigenvalue weighted by Crippen LogP contribution is 2.43. The minimum absolute atomic E-state index is 0.262. The summed E-state index contributed by atoms with van der Waals surface area (Å²) in [5, 5.41) is 28.0. The summed E-state index contributed by atoms with van der Waals surface area (Å²) in [6.07, 6.45) is 1.71. The maximum Gasteiger partial charge on any atom is 0.296 e. The van der Waals surface area contributed by atoms with Gasteiger partial charge in [-0.05, 0) is 54.3 Å². The van der Waals surface area contributed by atoms with E-state index in [9.17, 15) is 18.1 Å². The van der Waals surface area contributed by atoms with E-state index in [2.05, 4.69) is 20.5 Å². The zero-order chi connectivity index (χ0) is 26.4. The molecule has 0 heterocycles. The molecule has 0 saturated heterocycles. The molecule has 0 radical (unpaired) electrons. The average Bonchev–Trinajstić information content (AvgIpc) is 2.88. The summed E-state index contributed by atoms with van der Waals surface area (Å²) in [6.45, 7) is 2.44. The van der Waals surface area contributed by atoms with E-state index in [1.165, 1.54) is 18.2 Å². The number of benzene rings is 4. The van der Waals surface area contributed by atoms with Crippen molar-refractivity contribution < 1.29 is 22.8 Å². The van der Waals surface area contributed by atoms with Crippen LogP contribution < -0.4 is 10.5 Å². The number of aromatic hydroxyl groups is 1. The topological polar surface area (TPSA) is 159 Å². The molecule has 11 heteroatoms. The number of hydrogen-bond donors (Lipinski definition) is 3. The number of nitrogens with zero attached hydrogens (tertiary/aromatic N) is 4. The Morgan fingerprint density at radius 3 is 2.38 bits per heavy atom. The van der Waals surface area contributed by atoms with Crippen molar-refractivity contribution in [1.29, 1.82) is 0 Å². The van der Waals surface area contributed by atoms with Crippen LogP contribution in [0.15, 0.2) is 98.1 Å². The van der Waals surface area contributed by atoms with E-state index in [0.29, 0.717) is 34.8 Å². The Hall–Kier alpha value is -4.35. The number of nitrogen functional groups attached to an aromatic ring is 1. The van der Waals surface area contributed by atoms with Gasteiger partial charge in [-0.15, -0.1) is 10.2 Å². The van der Waals surface area contributed by atoms with Gasteiger partial charge in [0.05, 0.1) is 18.0 Å². The Morgan fingerprint density at radius 1 is 0.892 bits per heavy atom. The van der Waals surface area contributed by atoms with Crippen LogP contribution in [0.5, 0.6) is 11.5 Å². The number of fused-ring (bicyclic) bond motifs is 1. The van der Waals surface area contributed by atoms with E-state index in [1.807, 2.05) is 37.3 Å². The first-order valence-electron chi connectivity index (χ1n) is 11.4. The zero-order valence-electron chi connectivity index (χ0n) is 19.9. The van der Waals surface area contributed by atoms with Crippen LogP contribution in [0.4, 0.5) is 28.4 Å². The van der Waals surface area contributed by atoms with Gasteiger partial charge >= 0.3 is 0 Å². The van der Waals surface area contributed by atoms with Crippen molar-refractivity contribution in [3.63, 3.8) is 0 Å². The molecule has 0 unspecified atom stereocenters. The number of phenolic OH excluding ortho intramolecular Hbond substituents is 1. The Labute approximate surface area is 213 Å². The lowest BCUT2D eigenvalue weighted by Gasteiger charge is -2.10. The minimum atomic E-state index is -4.73. The highest BCUT2D eigenvalue weighted by Gasteiger charge is 2.22. The number of phenols is 1. The molecule has 4 rings (SSSR count). The summed E-state index contributed by atoms with van der Waals surface area (Å²) in [5.74, 6) is -0.137. The van der Waals surface area contributed by atoms with E-state index in [-0.39, 0.29) is 11.1 Å². The summed E-state index contributed by atoms with van der Waals surface area (Å²) in [5.41, 5.74) is 7.22. The van der Waals surface area contributed by atoms with Crippen molar-refractivity contribution >= 4 is 49.3 Å². The number of ether oxygens (including phenoxy) is 1.